The topological polar surface area (TPSA) is 73.3 Å². The second-order valence-corrected chi connectivity index (χ2v) is 5.62. The molecule has 27 heavy (non-hydrogen) atoms. The van der Waals surface area contributed by atoms with E-state index in [0.717, 1.165) is 6.07 Å². The van der Waals surface area contributed by atoms with Crippen LogP contribution in [-0.4, -0.2) is 36.2 Å². The number of methoxy groups -OCH3 is 1. The van der Waals surface area contributed by atoms with E-state index in [1.807, 2.05) is 0 Å². The van der Waals surface area contributed by atoms with Crippen LogP contribution in [0.1, 0.15) is 22.6 Å². The van der Waals surface area contributed by atoms with E-state index in [1.165, 1.54) is 13.2 Å². The van der Waals surface area contributed by atoms with Gasteiger partial charge in [0, 0.05) is 25.5 Å². The summed E-state index contributed by atoms with van der Waals surface area (Å²) < 4.78 is 48.8. The average molecular weight is 383 g/mol. The van der Waals surface area contributed by atoms with Gasteiger partial charge in [-0.1, -0.05) is 12.1 Å². The summed E-state index contributed by atoms with van der Waals surface area (Å²) in [5.74, 6) is -0.292. The summed E-state index contributed by atoms with van der Waals surface area (Å²) in [6.07, 6.45) is -2.89. The number of carbonyl (C=O) groups is 1. The zero-order valence-corrected chi connectivity index (χ0v) is 14.8. The largest absolute Gasteiger partial charge is 0.433 e. The molecule has 0 bridgehead atoms. The molecular weight excluding hydrogens is 363 g/mol. The van der Waals surface area contributed by atoms with Gasteiger partial charge in [-0.2, -0.15) is 13.2 Å². The zero-order valence-electron chi connectivity index (χ0n) is 14.8. The van der Waals surface area contributed by atoms with Gasteiger partial charge in [0.2, 0.25) is 5.91 Å². The summed E-state index contributed by atoms with van der Waals surface area (Å²) in [5.41, 5.74) is 0.175. The summed E-state index contributed by atoms with van der Waals surface area (Å²) in [6.45, 7) is 0.466. The molecule has 2 aromatic rings. The number of pyridine rings is 2. The lowest BCUT2D eigenvalue weighted by Crippen LogP contribution is -2.26. The highest BCUT2D eigenvalue weighted by Crippen LogP contribution is 2.28. The van der Waals surface area contributed by atoms with E-state index in [9.17, 15) is 18.0 Å². The fourth-order valence-corrected chi connectivity index (χ4v) is 2.21. The standard InChI is InChI=1S/C18H20F3N3O3/c1-26-8-9-27-12-15-13(5-6-16(24-15)18(19,20)21)11-23-17(25)10-14-4-2-3-7-22-14/h2-7H,8-12H2,1H3,(H,23,25). The van der Waals surface area contributed by atoms with E-state index in [-0.39, 0.29) is 37.8 Å². The third kappa shape index (κ3) is 6.95. The Bertz CT molecular complexity index is 740. The molecule has 0 aliphatic rings. The van der Waals surface area contributed by atoms with Gasteiger partial charge >= 0.3 is 6.18 Å². The van der Waals surface area contributed by atoms with Crippen molar-refractivity contribution in [3.05, 3.63) is 59.2 Å². The van der Waals surface area contributed by atoms with Crippen LogP contribution < -0.4 is 5.32 Å². The highest BCUT2D eigenvalue weighted by molar-refractivity contribution is 5.78. The van der Waals surface area contributed by atoms with Crippen molar-refractivity contribution in [2.75, 3.05) is 20.3 Å². The van der Waals surface area contributed by atoms with Gasteiger partial charge in [-0.05, 0) is 23.8 Å². The van der Waals surface area contributed by atoms with Crippen LogP contribution in [0.2, 0.25) is 0 Å². The first-order valence-corrected chi connectivity index (χ1v) is 8.19. The Labute approximate surface area is 154 Å². The molecule has 0 aliphatic heterocycles. The molecule has 1 N–H and O–H groups in total. The highest BCUT2D eigenvalue weighted by Gasteiger charge is 2.33. The number of alkyl halides is 3. The molecule has 2 aromatic heterocycles. The molecule has 0 atom stereocenters. The van der Waals surface area contributed by atoms with Crippen molar-refractivity contribution in [1.29, 1.82) is 0 Å². The Morgan fingerprint density at radius 1 is 1.19 bits per heavy atom. The Morgan fingerprint density at radius 3 is 2.67 bits per heavy atom. The molecule has 0 aromatic carbocycles. The maximum Gasteiger partial charge on any atom is 0.433 e. The maximum absolute atomic E-state index is 12.9. The number of carbonyl (C=O) groups excluding carboxylic acids is 1. The van der Waals surface area contributed by atoms with Crippen molar-refractivity contribution < 1.29 is 27.4 Å². The van der Waals surface area contributed by atoms with E-state index >= 15 is 0 Å². The third-order valence-electron chi connectivity index (χ3n) is 3.57. The molecule has 146 valence electrons. The lowest BCUT2D eigenvalue weighted by molar-refractivity contribution is -0.141. The van der Waals surface area contributed by atoms with E-state index in [1.54, 1.807) is 24.4 Å². The second-order valence-electron chi connectivity index (χ2n) is 5.62. The lowest BCUT2D eigenvalue weighted by Gasteiger charge is -2.13. The van der Waals surface area contributed by atoms with Gasteiger partial charge < -0.3 is 14.8 Å². The Hall–Kier alpha value is -2.52. The van der Waals surface area contributed by atoms with E-state index in [0.29, 0.717) is 17.9 Å². The first kappa shape index (κ1) is 20.8. The SMILES string of the molecule is COCCOCc1nc(C(F)(F)F)ccc1CNC(=O)Cc1ccccn1. The first-order chi connectivity index (χ1) is 12.9. The fraction of sp³-hybridized carbons (Fsp3) is 0.389. The summed E-state index contributed by atoms with van der Waals surface area (Å²) >= 11 is 0. The van der Waals surface area contributed by atoms with Crippen molar-refractivity contribution in [1.82, 2.24) is 15.3 Å². The number of nitrogens with zero attached hydrogens (tertiary/aromatic N) is 2. The molecule has 0 saturated heterocycles. The Kier molecular flexibility index (Phi) is 7.68. The Balaban J connectivity index is 2.03. The van der Waals surface area contributed by atoms with Crippen LogP contribution in [0.15, 0.2) is 36.5 Å². The summed E-state index contributed by atoms with van der Waals surface area (Å²) in [7, 11) is 1.49. The van der Waals surface area contributed by atoms with Crippen molar-refractivity contribution >= 4 is 5.91 Å². The summed E-state index contributed by atoms with van der Waals surface area (Å²) in [5, 5.41) is 2.67. The van der Waals surface area contributed by atoms with Crippen LogP contribution in [0.4, 0.5) is 13.2 Å². The molecular formula is C18H20F3N3O3. The van der Waals surface area contributed by atoms with Gasteiger partial charge in [0.25, 0.3) is 0 Å². The van der Waals surface area contributed by atoms with Gasteiger partial charge in [-0.25, -0.2) is 4.98 Å². The number of rotatable bonds is 9. The molecule has 0 spiro atoms. The monoisotopic (exact) mass is 383 g/mol. The number of hydrogen-bond acceptors (Lipinski definition) is 5. The average Bonchev–Trinajstić information content (AvgIpc) is 2.64. The molecule has 0 fully saturated rings. The van der Waals surface area contributed by atoms with Crippen molar-refractivity contribution in [3.63, 3.8) is 0 Å². The van der Waals surface area contributed by atoms with Crippen molar-refractivity contribution in [2.45, 2.75) is 25.7 Å². The molecule has 0 radical (unpaired) electrons. The second kappa shape index (κ2) is 9.98. The number of hydrogen-bond donors (Lipinski definition) is 1. The highest BCUT2D eigenvalue weighted by atomic mass is 19.4. The van der Waals surface area contributed by atoms with Crippen LogP contribution in [0, 0.1) is 0 Å². The minimum Gasteiger partial charge on any atom is -0.382 e. The normalized spacial score (nSPS) is 11.4. The predicted octanol–water partition coefficient (Wildman–Crippen LogP) is 2.52. The quantitative estimate of drug-likeness (QED) is 0.674. The van der Waals surface area contributed by atoms with Crippen LogP contribution in [0.3, 0.4) is 0 Å². The Morgan fingerprint density at radius 2 is 2.00 bits per heavy atom. The molecule has 0 saturated carbocycles. The van der Waals surface area contributed by atoms with E-state index < -0.39 is 11.9 Å². The third-order valence-corrected chi connectivity index (χ3v) is 3.57. The maximum atomic E-state index is 12.9. The van der Waals surface area contributed by atoms with E-state index in [2.05, 4.69) is 15.3 Å². The number of nitrogens with one attached hydrogen (secondary N) is 1. The van der Waals surface area contributed by atoms with Crippen LogP contribution in [0.25, 0.3) is 0 Å². The number of halogens is 3. The zero-order chi connectivity index (χ0) is 19.7. The van der Waals surface area contributed by atoms with Crippen molar-refractivity contribution in [3.8, 4) is 0 Å². The molecule has 9 heteroatoms. The molecule has 0 unspecified atom stereocenters. The minimum atomic E-state index is -4.55. The van der Waals surface area contributed by atoms with Crippen LogP contribution >= 0.6 is 0 Å². The van der Waals surface area contributed by atoms with Gasteiger partial charge in [0.1, 0.15) is 5.69 Å². The van der Waals surface area contributed by atoms with Crippen molar-refractivity contribution in [2.24, 2.45) is 0 Å². The van der Waals surface area contributed by atoms with Crippen LogP contribution in [-0.2, 0) is 40.0 Å². The summed E-state index contributed by atoms with van der Waals surface area (Å²) in [6, 6.07) is 7.41. The number of aromatic nitrogens is 2. The van der Waals surface area contributed by atoms with Gasteiger partial charge in [0.05, 0.1) is 31.9 Å². The van der Waals surface area contributed by atoms with Crippen LogP contribution in [0.5, 0.6) is 0 Å². The first-order valence-electron chi connectivity index (χ1n) is 8.19. The smallest absolute Gasteiger partial charge is 0.382 e. The number of amides is 1. The summed E-state index contributed by atoms with van der Waals surface area (Å²) in [4.78, 5) is 19.7. The molecule has 1 amide bonds. The molecule has 0 aliphatic carbocycles. The molecule has 2 heterocycles. The lowest BCUT2D eigenvalue weighted by atomic mass is 10.1. The molecule has 6 nitrogen and oxygen atoms in total. The molecule has 2 rings (SSSR count). The fourth-order valence-electron chi connectivity index (χ4n) is 2.21. The van der Waals surface area contributed by atoms with Gasteiger partial charge in [-0.15, -0.1) is 0 Å². The number of ether oxygens (including phenoxy) is 2. The van der Waals surface area contributed by atoms with Gasteiger partial charge in [0.15, 0.2) is 0 Å². The predicted molar refractivity (Wildman–Crippen MR) is 90.6 cm³/mol. The van der Waals surface area contributed by atoms with Gasteiger partial charge in [-0.3, -0.25) is 9.78 Å². The van der Waals surface area contributed by atoms with E-state index in [4.69, 9.17) is 9.47 Å². The minimum absolute atomic E-state index is 0.0414.